The van der Waals surface area contributed by atoms with Crippen molar-refractivity contribution in [2.45, 2.75) is 32.2 Å². The van der Waals surface area contributed by atoms with Crippen LogP contribution >= 0.6 is 12.4 Å². The summed E-state index contributed by atoms with van der Waals surface area (Å²) in [6.45, 7) is 3.35. The van der Waals surface area contributed by atoms with Gasteiger partial charge in [-0.2, -0.15) is 5.10 Å². The molecule has 1 amide bonds. The maximum Gasteiger partial charge on any atom is 0.254 e. The summed E-state index contributed by atoms with van der Waals surface area (Å²) in [5, 5.41) is 4.28. The van der Waals surface area contributed by atoms with Crippen molar-refractivity contribution in [1.29, 1.82) is 0 Å². The summed E-state index contributed by atoms with van der Waals surface area (Å²) >= 11 is 0. The molecule has 2 aromatic rings. The minimum atomic E-state index is 0. The molecule has 1 aromatic heterocycles. The molecule has 1 aliphatic heterocycles. The summed E-state index contributed by atoms with van der Waals surface area (Å²) in [6.07, 6.45) is 7.01. The number of rotatable bonds is 3. The van der Waals surface area contributed by atoms with Crippen LogP contribution in [0.2, 0.25) is 0 Å². The number of nitrogens with zero attached hydrogens (tertiary/aromatic N) is 3. The smallest absolute Gasteiger partial charge is 0.254 e. The number of carbonyl (C=O) groups excluding carboxylic acids is 1. The third-order valence-electron chi connectivity index (χ3n) is 4.25. The maximum absolute atomic E-state index is 12.7. The van der Waals surface area contributed by atoms with Crippen molar-refractivity contribution < 1.29 is 4.79 Å². The van der Waals surface area contributed by atoms with Crippen LogP contribution in [0.1, 0.15) is 35.2 Å². The molecular formula is C17H23ClN4O. The fourth-order valence-electron chi connectivity index (χ4n) is 2.99. The number of amides is 1. The van der Waals surface area contributed by atoms with Gasteiger partial charge in [0.1, 0.15) is 0 Å². The lowest BCUT2D eigenvalue weighted by atomic mass is 10.0. The van der Waals surface area contributed by atoms with Gasteiger partial charge in [-0.15, -0.1) is 12.4 Å². The standard InChI is InChI=1S/C17H22N4O.ClH/c1-13-11-19-21(12-13)15-7-5-14(6-8-15)17(22)20-9-3-2-4-16(20)10-18;/h5-8,11-12,16H,2-4,9-10,18H2,1H3;1H. The number of aromatic nitrogens is 2. The molecule has 0 spiro atoms. The highest BCUT2D eigenvalue weighted by Gasteiger charge is 2.26. The van der Waals surface area contributed by atoms with E-state index in [9.17, 15) is 4.79 Å². The molecule has 1 saturated heterocycles. The van der Waals surface area contributed by atoms with E-state index in [4.69, 9.17) is 5.73 Å². The van der Waals surface area contributed by atoms with E-state index in [2.05, 4.69) is 5.10 Å². The van der Waals surface area contributed by atoms with Gasteiger partial charge in [0.05, 0.1) is 11.9 Å². The summed E-state index contributed by atoms with van der Waals surface area (Å²) in [7, 11) is 0. The number of halogens is 1. The second-order valence-corrected chi connectivity index (χ2v) is 5.89. The summed E-state index contributed by atoms with van der Waals surface area (Å²) < 4.78 is 1.81. The largest absolute Gasteiger partial charge is 0.334 e. The second-order valence-electron chi connectivity index (χ2n) is 5.89. The Balaban J connectivity index is 0.00000192. The fraction of sp³-hybridized carbons (Fsp3) is 0.412. The van der Waals surface area contributed by atoms with Crippen LogP contribution in [0.3, 0.4) is 0 Å². The molecule has 23 heavy (non-hydrogen) atoms. The third-order valence-corrected chi connectivity index (χ3v) is 4.25. The summed E-state index contributed by atoms with van der Waals surface area (Å²) in [5.74, 6) is 0.0818. The number of benzene rings is 1. The first-order chi connectivity index (χ1) is 10.7. The molecule has 0 radical (unpaired) electrons. The molecular weight excluding hydrogens is 312 g/mol. The van der Waals surface area contributed by atoms with E-state index in [1.54, 1.807) is 0 Å². The van der Waals surface area contributed by atoms with E-state index >= 15 is 0 Å². The summed E-state index contributed by atoms with van der Waals surface area (Å²) in [4.78, 5) is 14.6. The van der Waals surface area contributed by atoms with E-state index in [0.29, 0.717) is 12.1 Å². The minimum absolute atomic E-state index is 0. The van der Waals surface area contributed by atoms with Gasteiger partial charge in [-0.1, -0.05) is 0 Å². The molecule has 1 fully saturated rings. The molecule has 0 bridgehead atoms. The highest BCUT2D eigenvalue weighted by atomic mass is 35.5. The first kappa shape index (κ1) is 17.5. The van der Waals surface area contributed by atoms with Crippen molar-refractivity contribution >= 4 is 18.3 Å². The molecule has 1 atom stereocenters. The molecule has 2 N–H and O–H groups in total. The Morgan fingerprint density at radius 3 is 2.65 bits per heavy atom. The van der Waals surface area contributed by atoms with Gasteiger partial charge in [-0.05, 0) is 56.0 Å². The Bertz CT molecular complexity index is 653. The van der Waals surface area contributed by atoms with Gasteiger partial charge in [0.25, 0.3) is 5.91 Å². The van der Waals surface area contributed by atoms with Gasteiger partial charge in [-0.3, -0.25) is 4.79 Å². The first-order valence-electron chi connectivity index (χ1n) is 7.82. The number of hydrogen-bond donors (Lipinski definition) is 1. The van der Waals surface area contributed by atoms with Gasteiger partial charge < -0.3 is 10.6 Å². The monoisotopic (exact) mass is 334 g/mol. The van der Waals surface area contributed by atoms with Crippen molar-refractivity contribution in [3.63, 3.8) is 0 Å². The number of carbonyl (C=O) groups is 1. The lowest BCUT2D eigenvalue weighted by Gasteiger charge is -2.35. The van der Waals surface area contributed by atoms with Crippen LogP contribution in [0.5, 0.6) is 0 Å². The van der Waals surface area contributed by atoms with Crippen LogP contribution in [0.15, 0.2) is 36.7 Å². The molecule has 1 aromatic carbocycles. The van der Waals surface area contributed by atoms with E-state index in [1.165, 1.54) is 0 Å². The molecule has 0 saturated carbocycles. The SMILES string of the molecule is Cc1cnn(-c2ccc(C(=O)N3CCCCC3CN)cc2)c1.Cl. The first-order valence-corrected chi connectivity index (χ1v) is 7.82. The number of hydrogen-bond acceptors (Lipinski definition) is 3. The van der Waals surface area contributed by atoms with Crippen molar-refractivity contribution in [1.82, 2.24) is 14.7 Å². The summed E-state index contributed by atoms with van der Waals surface area (Å²) in [6, 6.07) is 7.78. The Hall–Kier alpha value is -1.85. The van der Waals surface area contributed by atoms with E-state index < -0.39 is 0 Å². The second kappa shape index (κ2) is 7.62. The minimum Gasteiger partial charge on any atom is -0.334 e. The highest BCUT2D eigenvalue weighted by molar-refractivity contribution is 5.94. The highest BCUT2D eigenvalue weighted by Crippen LogP contribution is 2.20. The van der Waals surface area contributed by atoms with Crippen molar-refractivity contribution in [3.8, 4) is 5.69 Å². The molecule has 3 rings (SSSR count). The molecule has 1 unspecified atom stereocenters. The van der Waals surface area contributed by atoms with E-state index in [0.717, 1.165) is 37.1 Å². The Morgan fingerprint density at radius 2 is 2.04 bits per heavy atom. The van der Waals surface area contributed by atoms with E-state index in [-0.39, 0.29) is 24.4 Å². The number of piperidine rings is 1. The number of likely N-dealkylation sites (tertiary alicyclic amines) is 1. The average molecular weight is 335 g/mol. The van der Waals surface area contributed by atoms with Crippen LogP contribution in [0, 0.1) is 6.92 Å². The van der Waals surface area contributed by atoms with Crippen LogP contribution in [-0.2, 0) is 0 Å². The zero-order valence-corrected chi connectivity index (χ0v) is 14.1. The molecule has 2 heterocycles. The lowest BCUT2D eigenvalue weighted by Crippen LogP contribution is -2.47. The Labute approximate surface area is 142 Å². The molecule has 5 nitrogen and oxygen atoms in total. The van der Waals surface area contributed by atoms with Crippen molar-refractivity contribution in [3.05, 3.63) is 47.8 Å². The molecule has 0 aliphatic carbocycles. The zero-order valence-electron chi connectivity index (χ0n) is 13.3. The van der Waals surface area contributed by atoms with Crippen LogP contribution in [-0.4, -0.2) is 39.7 Å². The van der Waals surface area contributed by atoms with Gasteiger partial charge >= 0.3 is 0 Å². The van der Waals surface area contributed by atoms with Crippen LogP contribution in [0.25, 0.3) is 5.69 Å². The third kappa shape index (κ3) is 3.74. The molecule has 1 aliphatic rings. The Kier molecular flexibility index (Phi) is 5.80. The zero-order chi connectivity index (χ0) is 15.5. The van der Waals surface area contributed by atoms with E-state index in [1.807, 2.05) is 53.2 Å². The predicted octanol–water partition coefficient (Wildman–Crippen LogP) is 2.56. The van der Waals surface area contributed by atoms with Crippen LogP contribution < -0.4 is 5.73 Å². The predicted molar refractivity (Wildman–Crippen MR) is 93.3 cm³/mol. The van der Waals surface area contributed by atoms with Crippen LogP contribution in [0.4, 0.5) is 0 Å². The quantitative estimate of drug-likeness (QED) is 0.938. The van der Waals surface area contributed by atoms with Crippen molar-refractivity contribution in [2.75, 3.05) is 13.1 Å². The van der Waals surface area contributed by atoms with Gasteiger partial charge in [-0.25, -0.2) is 4.68 Å². The van der Waals surface area contributed by atoms with Gasteiger partial charge in [0.2, 0.25) is 0 Å². The normalized spacial score (nSPS) is 17.7. The molecule has 124 valence electrons. The van der Waals surface area contributed by atoms with Gasteiger partial charge in [0, 0.05) is 30.9 Å². The maximum atomic E-state index is 12.7. The van der Waals surface area contributed by atoms with Crippen molar-refractivity contribution in [2.24, 2.45) is 5.73 Å². The average Bonchev–Trinajstić information content (AvgIpc) is 3.01. The number of aryl methyl sites for hydroxylation is 1. The lowest BCUT2D eigenvalue weighted by molar-refractivity contribution is 0.0623. The summed E-state index contributed by atoms with van der Waals surface area (Å²) in [5.41, 5.74) is 8.59. The van der Waals surface area contributed by atoms with Gasteiger partial charge in [0.15, 0.2) is 0 Å². The topological polar surface area (TPSA) is 64.2 Å². The number of nitrogens with two attached hydrogens (primary N) is 1. The Morgan fingerprint density at radius 1 is 1.30 bits per heavy atom. The molecule has 6 heteroatoms. The fourth-order valence-corrected chi connectivity index (χ4v) is 2.99.